The number of carbonyl (C=O) groups excluding carboxylic acids is 1. The molecule has 3 N–H and O–H groups in total. The molecule has 70 valence electrons. The first-order chi connectivity index (χ1) is 5.59. The van der Waals surface area contributed by atoms with Crippen LogP contribution in [0.4, 0.5) is 0 Å². The lowest BCUT2D eigenvalue weighted by atomic mass is 10.1. The highest BCUT2D eigenvalue weighted by atomic mass is 16.2. The van der Waals surface area contributed by atoms with E-state index in [2.05, 4.69) is 11.9 Å². The summed E-state index contributed by atoms with van der Waals surface area (Å²) < 4.78 is 0. The summed E-state index contributed by atoms with van der Waals surface area (Å²) in [6.45, 7) is 8.04. The second kappa shape index (κ2) is 5.77. The molecule has 0 saturated heterocycles. The van der Waals surface area contributed by atoms with Gasteiger partial charge in [-0.15, -0.1) is 6.58 Å². The van der Waals surface area contributed by atoms with Gasteiger partial charge in [0.15, 0.2) is 0 Å². The van der Waals surface area contributed by atoms with Gasteiger partial charge in [0.05, 0.1) is 6.04 Å². The van der Waals surface area contributed by atoms with Crippen LogP contribution < -0.4 is 11.1 Å². The van der Waals surface area contributed by atoms with Crippen molar-refractivity contribution < 1.29 is 4.79 Å². The van der Waals surface area contributed by atoms with Crippen LogP contribution in [0.15, 0.2) is 12.7 Å². The van der Waals surface area contributed by atoms with Crippen molar-refractivity contribution in [2.24, 2.45) is 11.7 Å². The Morgan fingerprint density at radius 2 is 2.25 bits per heavy atom. The molecular formula is C9H18N2O. The number of hydrogen-bond acceptors (Lipinski definition) is 2. The Balaban J connectivity index is 3.64. The van der Waals surface area contributed by atoms with E-state index in [0.717, 1.165) is 6.42 Å². The molecule has 0 rings (SSSR count). The fourth-order valence-electron chi connectivity index (χ4n) is 0.718. The summed E-state index contributed by atoms with van der Waals surface area (Å²) in [6, 6.07) is -0.394. The van der Waals surface area contributed by atoms with Crippen LogP contribution in [0.5, 0.6) is 0 Å². The minimum atomic E-state index is -0.394. The highest BCUT2D eigenvalue weighted by molar-refractivity contribution is 5.81. The Bertz CT molecular complexity index is 155. The molecule has 0 bridgehead atoms. The molecule has 3 nitrogen and oxygen atoms in total. The first-order valence-electron chi connectivity index (χ1n) is 4.23. The topological polar surface area (TPSA) is 55.1 Å². The molecule has 0 aromatic rings. The van der Waals surface area contributed by atoms with E-state index in [4.69, 9.17) is 5.73 Å². The molecule has 0 spiro atoms. The number of nitrogens with two attached hydrogens (primary N) is 1. The third kappa shape index (κ3) is 4.13. The number of amides is 1. The first-order valence-corrected chi connectivity index (χ1v) is 4.23. The zero-order chi connectivity index (χ0) is 9.56. The Hall–Kier alpha value is -0.830. The largest absolute Gasteiger partial charge is 0.354 e. The van der Waals surface area contributed by atoms with Gasteiger partial charge in [0.25, 0.3) is 0 Å². The van der Waals surface area contributed by atoms with Gasteiger partial charge in [0.1, 0.15) is 0 Å². The van der Waals surface area contributed by atoms with Gasteiger partial charge in [-0.3, -0.25) is 4.79 Å². The maximum Gasteiger partial charge on any atom is 0.237 e. The molecule has 3 heteroatoms. The van der Waals surface area contributed by atoms with Crippen LogP contribution in [0.25, 0.3) is 0 Å². The Morgan fingerprint density at radius 3 is 2.67 bits per heavy atom. The van der Waals surface area contributed by atoms with Gasteiger partial charge in [0, 0.05) is 6.54 Å². The van der Waals surface area contributed by atoms with Crippen molar-refractivity contribution in [2.45, 2.75) is 26.3 Å². The fourth-order valence-corrected chi connectivity index (χ4v) is 0.718. The minimum Gasteiger partial charge on any atom is -0.354 e. The van der Waals surface area contributed by atoms with Gasteiger partial charge in [-0.25, -0.2) is 0 Å². The number of hydrogen-bond donors (Lipinski definition) is 2. The van der Waals surface area contributed by atoms with E-state index in [9.17, 15) is 4.79 Å². The number of carbonyl (C=O) groups is 1. The van der Waals surface area contributed by atoms with Crippen molar-refractivity contribution in [2.75, 3.05) is 6.54 Å². The van der Waals surface area contributed by atoms with E-state index in [1.807, 2.05) is 13.8 Å². The maximum atomic E-state index is 11.2. The number of rotatable bonds is 5. The average Bonchev–Trinajstić information content (AvgIpc) is 2.03. The fraction of sp³-hybridized carbons (Fsp3) is 0.667. The normalized spacial score (nSPS) is 12.7. The minimum absolute atomic E-state index is 0.0770. The van der Waals surface area contributed by atoms with Gasteiger partial charge in [-0.05, 0) is 12.3 Å². The molecule has 0 aliphatic heterocycles. The molecule has 0 aliphatic carbocycles. The van der Waals surface area contributed by atoms with E-state index >= 15 is 0 Å². The smallest absolute Gasteiger partial charge is 0.237 e. The summed E-state index contributed by atoms with van der Waals surface area (Å²) in [7, 11) is 0. The summed E-state index contributed by atoms with van der Waals surface area (Å²) in [4.78, 5) is 11.2. The summed E-state index contributed by atoms with van der Waals surface area (Å²) in [5.41, 5.74) is 5.60. The van der Waals surface area contributed by atoms with Gasteiger partial charge in [-0.1, -0.05) is 19.9 Å². The number of nitrogens with one attached hydrogen (secondary N) is 1. The molecule has 0 saturated carbocycles. The van der Waals surface area contributed by atoms with Crippen LogP contribution >= 0.6 is 0 Å². The molecular weight excluding hydrogens is 152 g/mol. The lowest BCUT2D eigenvalue weighted by Crippen LogP contribution is -2.44. The lowest BCUT2D eigenvalue weighted by molar-refractivity contribution is -0.123. The van der Waals surface area contributed by atoms with Crippen molar-refractivity contribution >= 4 is 5.91 Å². The van der Waals surface area contributed by atoms with Crippen molar-refractivity contribution in [3.63, 3.8) is 0 Å². The molecule has 0 unspecified atom stereocenters. The average molecular weight is 170 g/mol. The summed E-state index contributed by atoms with van der Waals surface area (Å²) in [5, 5.41) is 2.73. The molecule has 0 radical (unpaired) electrons. The van der Waals surface area contributed by atoms with Crippen LogP contribution in [0.1, 0.15) is 20.3 Å². The molecule has 0 aromatic heterocycles. The molecule has 0 heterocycles. The van der Waals surface area contributed by atoms with Crippen LogP contribution in [-0.2, 0) is 4.79 Å². The molecule has 1 atom stereocenters. The van der Waals surface area contributed by atoms with Gasteiger partial charge in [-0.2, -0.15) is 0 Å². The molecule has 12 heavy (non-hydrogen) atoms. The van der Waals surface area contributed by atoms with Crippen LogP contribution in [-0.4, -0.2) is 18.5 Å². The third-order valence-corrected chi connectivity index (χ3v) is 1.67. The van der Waals surface area contributed by atoms with E-state index in [1.165, 1.54) is 0 Å². The molecule has 0 aromatic carbocycles. The first kappa shape index (κ1) is 11.2. The second-order valence-corrected chi connectivity index (χ2v) is 3.14. The van der Waals surface area contributed by atoms with Crippen molar-refractivity contribution in [1.29, 1.82) is 0 Å². The SMILES string of the molecule is C=CCCNC(=O)[C@H](N)C(C)C. The highest BCUT2D eigenvalue weighted by Gasteiger charge is 2.15. The van der Waals surface area contributed by atoms with Gasteiger partial charge < -0.3 is 11.1 Å². The quantitative estimate of drug-likeness (QED) is 0.470. The standard InChI is InChI=1S/C9H18N2O/c1-4-5-6-11-9(12)8(10)7(2)3/h4,7-8H,1,5-6,10H2,2-3H3,(H,11,12)/t8-/m1/s1. The van der Waals surface area contributed by atoms with Crippen LogP contribution in [0, 0.1) is 5.92 Å². The lowest BCUT2D eigenvalue weighted by Gasteiger charge is -2.14. The maximum absolute atomic E-state index is 11.2. The van der Waals surface area contributed by atoms with Gasteiger partial charge in [0.2, 0.25) is 5.91 Å². The highest BCUT2D eigenvalue weighted by Crippen LogP contribution is 1.97. The second-order valence-electron chi connectivity index (χ2n) is 3.14. The summed E-state index contributed by atoms with van der Waals surface area (Å²) in [5.74, 6) is 0.112. The van der Waals surface area contributed by atoms with Crippen molar-refractivity contribution in [1.82, 2.24) is 5.32 Å². The predicted octanol–water partition coefficient (Wildman–Crippen LogP) is 0.662. The van der Waals surface area contributed by atoms with Crippen molar-refractivity contribution in [3.05, 3.63) is 12.7 Å². The van der Waals surface area contributed by atoms with E-state index in [1.54, 1.807) is 6.08 Å². The third-order valence-electron chi connectivity index (χ3n) is 1.67. The van der Waals surface area contributed by atoms with E-state index in [0.29, 0.717) is 6.54 Å². The Morgan fingerprint density at radius 1 is 1.67 bits per heavy atom. The summed E-state index contributed by atoms with van der Waals surface area (Å²) >= 11 is 0. The predicted molar refractivity (Wildman–Crippen MR) is 50.6 cm³/mol. The zero-order valence-electron chi connectivity index (χ0n) is 7.84. The van der Waals surface area contributed by atoms with Crippen LogP contribution in [0.2, 0.25) is 0 Å². The van der Waals surface area contributed by atoms with E-state index < -0.39 is 6.04 Å². The Labute approximate surface area is 74.0 Å². The molecule has 1 amide bonds. The van der Waals surface area contributed by atoms with Crippen LogP contribution in [0.3, 0.4) is 0 Å². The summed E-state index contributed by atoms with van der Waals surface area (Å²) in [6.07, 6.45) is 2.55. The Kier molecular flexibility index (Phi) is 5.37. The van der Waals surface area contributed by atoms with Crippen molar-refractivity contribution in [3.8, 4) is 0 Å². The van der Waals surface area contributed by atoms with Gasteiger partial charge >= 0.3 is 0 Å². The zero-order valence-corrected chi connectivity index (χ0v) is 7.84. The molecule has 0 aliphatic rings. The molecule has 0 fully saturated rings. The monoisotopic (exact) mass is 170 g/mol. The van der Waals surface area contributed by atoms with E-state index in [-0.39, 0.29) is 11.8 Å².